The Balaban J connectivity index is 1.93. The van der Waals surface area contributed by atoms with E-state index < -0.39 is 9.84 Å². The van der Waals surface area contributed by atoms with E-state index in [2.05, 4.69) is 41.8 Å². The number of thiophene rings is 1. The molecule has 19 heavy (non-hydrogen) atoms. The summed E-state index contributed by atoms with van der Waals surface area (Å²) in [6, 6.07) is 4.61. The summed E-state index contributed by atoms with van der Waals surface area (Å²) in [6.45, 7) is 0.799. The van der Waals surface area contributed by atoms with Crippen LogP contribution in [-0.2, 0) is 9.84 Å². The molecule has 1 aromatic heterocycles. The topological polar surface area (TPSA) is 49.4 Å². The molecule has 1 saturated heterocycles. The van der Waals surface area contributed by atoms with Gasteiger partial charge in [-0.2, -0.15) is 0 Å². The molecular weight excluding hydrogens is 280 g/mol. The number of hydrogen-bond acceptors (Lipinski definition) is 5. The second kappa shape index (κ2) is 6.35. The van der Waals surface area contributed by atoms with E-state index >= 15 is 0 Å². The Morgan fingerprint density at radius 1 is 1.53 bits per heavy atom. The Morgan fingerprint density at radius 3 is 2.89 bits per heavy atom. The lowest BCUT2D eigenvalue weighted by atomic mass is 10.1. The van der Waals surface area contributed by atoms with Crippen molar-refractivity contribution in [2.75, 3.05) is 32.1 Å². The zero-order chi connectivity index (χ0) is 13.9. The molecule has 108 valence electrons. The van der Waals surface area contributed by atoms with Crippen LogP contribution in [0.2, 0.25) is 0 Å². The predicted octanol–water partition coefficient (Wildman–Crippen LogP) is 1.52. The van der Waals surface area contributed by atoms with Crippen LogP contribution >= 0.6 is 11.3 Å². The molecule has 1 aromatic rings. The number of sulfone groups is 1. The fourth-order valence-electron chi connectivity index (χ4n) is 2.48. The molecule has 0 aromatic carbocycles. The van der Waals surface area contributed by atoms with E-state index in [0.29, 0.717) is 11.8 Å². The smallest absolute Gasteiger partial charge is 0.151 e. The van der Waals surface area contributed by atoms with Crippen molar-refractivity contribution in [3.05, 3.63) is 22.4 Å². The molecular formula is C13H22N2O2S2. The first-order valence-corrected chi connectivity index (χ1v) is 9.32. The van der Waals surface area contributed by atoms with Crippen LogP contribution in [0.1, 0.15) is 23.8 Å². The predicted molar refractivity (Wildman–Crippen MR) is 80.4 cm³/mol. The first-order valence-electron chi connectivity index (χ1n) is 6.61. The molecule has 0 spiro atoms. The van der Waals surface area contributed by atoms with Gasteiger partial charge >= 0.3 is 0 Å². The summed E-state index contributed by atoms with van der Waals surface area (Å²) in [5, 5.41) is 5.51. The number of rotatable bonds is 5. The number of nitrogens with zero attached hydrogens (tertiary/aromatic N) is 1. The van der Waals surface area contributed by atoms with Gasteiger partial charge in [0.05, 0.1) is 17.5 Å². The molecule has 2 heterocycles. The summed E-state index contributed by atoms with van der Waals surface area (Å²) in [5.41, 5.74) is 0. The van der Waals surface area contributed by atoms with E-state index in [4.69, 9.17) is 0 Å². The van der Waals surface area contributed by atoms with Gasteiger partial charge in [0.1, 0.15) is 0 Å². The summed E-state index contributed by atoms with van der Waals surface area (Å²) < 4.78 is 23.2. The lowest BCUT2D eigenvalue weighted by molar-refractivity contribution is 0.282. The average molecular weight is 302 g/mol. The minimum Gasteiger partial charge on any atom is -0.311 e. The molecule has 0 aliphatic carbocycles. The van der Waals surface area contributed by atoms with Crippen LogP contribution in [0.25, 0.3) is 0 Å². The van der Waals surface area contributed by atoms with Gasteiger partial charge in [0.15, 0.2) is 9.84 Å². The van der Waals surface area contributed by atoms with Gasteiger partial charge in [0.2, 0.25) is 0 Å². The van der Waals surface area contributed by atoms with Gasteiger partial charge in [-0.3, -0.25) is 0 Å². The van der Waals surface area contributed by atoms with E-state index in [1.807, 2.05) is 0 Å². The Bertz CT molecular complexity index is 483. The van der Waals surface area contributed by atoms with Gasteiger partial charge in [-0.15, -0.1) is 11.3 Å². The zero-order valence-corrected chi connectivity index (χ0v) is 13.1. The summed E-state index contributed by atoms with van der Waals surface area (Å²) in [4.78, 5) is 3.49. The molecule has 0 bridgehead atoms. The molecule has 4 nitrogen and oxygen atoms in total. The van der Waals surface area contributed by atoms with E-state index in [9.17, 15) is 8.42 Å². The third kappa shape index (κ3) is 4.27. The van der Waals surface area contributed by atoms with Crippen LogP contribution in [0.15, 0.2) is 17.5 Å². The third-order valence-electron chi connectivity index (χ3n) is 3.56. The van der Waals surface area contributed by atoms with Gasteiger partial charge in [-0.25, -0.2) is 8.42 Å². The molecule has 0 radical (unpaired) electrons. The normalized spacial score (nSPS) is 24.5. The summed E-state index contributed by atoms with van der Waals surface area (Å²) in [5.74, 6) is 0.644. The van der Waals surface area contributed by atoms with Gasteiger partial charge in [-0.05, 0) is 38.4 Å². The van der Waals surface area contributed by atoms with E-state index in [1.165, 1.54) is 4.88 Å². The summed E-state index contributed by atoms with van der Waals surface area (Å²) in [6.07, 6.45) is 1.75. The molecule has 0 saturated carbocycles. The van der Waals surface area contributed by atoms with Crippen molar-refractivity contribution in [3.8, 4) is 0 Å². The van der Waals surface area contributed by atoms with Gasteiger partial charge < -0.3 is 10.2 Å². The van der Waals surface area contributed by atoms with Crippen LogP contribution in [0.5, 0.6) is 0 Å². The van der Waals surface area contributed by atoms with Crippen molar-refractivity contribution >= 4 is 21.2 Å². The number of hydrogen-bond donors (Lipinski definition) is 1. The number of nitrogens with one attached hydrogen (secondary N) is 1. The van der Waals surface area contributed by atoms with Crippen molar-refractivity contribution in [1.29, 1.82) is 0 Å². The lowest BCUT2D eigenvalue weighted by Gasteiger charge is -2.28. The third-order valence-corrected chi connectivity index (χ3v) is 6.35. The maximum atomic E-state index is 11.6. The molecule has 1 fully saturated rings. The lowest BCUT2D eigenvalue weighted by Crippen LogP contribution is -2.43. The highest BCUT2D eigenvalue weighted by Crippen LogP contribution is 2.23. The highest BCUT2D eigenvalue weighted by atomic mass is 32.2. The van der Waals surface area contributed by atoms with Crippen molar-refractivity contribution in [1.82, 2.24) is 10.2 Å². The minimum atomic E-state index is -2.83. The fraction of sp³-hybridized carbons (Fsp3) is 0.692. The van der Waals surface area contributed by atoms with E-state index in [-0.39, 0.29) is 11.8 Å². The standard InChI is InChI=1S/C13H22N2O2S2/c1-15(2)12(13-6-3-7-18-13)9-14-11-5-4-8-19(16,17)10-11/h3,6-7,11-12,14H,4-5,8-10H2,1-2H3. The van der Waals surface area contributed by atoms with Crippen LogP contribution in [-0.4, -0.2) is 51.5 Å². The monoisotopic (exact) mass is 302 g/mol. The van der Waals surface area contributed by atoms with E-state index in [0.717, 1.165) is 19.4 Å². The van der Waals surface area contributed by atoms with Crippen molar-refractivity contribution < 1.29 is 8.42 Å². The molecule has 2 rings (SSSR count). The summed E-state index contributed by atoms with van der Waals surface area (Å²) in [7, 11) is 1.29. The highest BCUT2D eigenvalue weighted by Gasteiger charge is 2.25. The SMILES string of the molecule is CN(C)C(CNC1CCCS(=O)(=O)C1)c1cccs1. The molecule has 2 atom stereocenters. The zero-order valence-electron chi connectivity index (χ0n) is 11.5. The van der Waals surface area contributed by atoms with Crippen LogP contribution in [0.3, 0.4) is 0 Å². The van der Waals surface area contributed by atoms with Crippen LogP contribution in [0, 0.1) is 0 Å². The van der Waals surface area contributed by atoms with Gasteiger partial charge in [0.25, 0.3) is 0 Å². The molecule has 2 unspecified atom stereocenters. The van der Waals surface area contributed by atoms with Crippen LogP contribution in [0.4, 0.5) is 0 Å². The Labute approximate surface area is 119 Å². The Hall–Kier alpha value is -0.430. The second-order valence-corrected chi connectivity index (χ2v) is 8.56. The first kappa shape index (κ1) is 15.0. The van der Waals surface area contributed by atoms with Gasteiger partial charge in [-0.1, -0.05) is 6.07 Å². The summed E-state index contributed by atoms with van der Waals surface area (Å²) >= 11 is 1.75. The average Bonchev–Trinajstić information content (AvgIpc) is 2.81. The van der Waals surface area contributed by atoms with Crippen molar-refractivity contribution in [2.24, 2.45) is 0 Å². The van der Waals surface area contributed by atoms with Crippen LogP contribution < -0.4 is 5.32 Å². The molecule has 1 aliphatic rings. The first-order chi connectivity index (χ1) is 8.98. The quantitative estimate of drug-likeness (QED) is 0.896. The Kier molecular flexibility index (Phi) is 5.00. The molecule has 0 amide bonds. The van der Waals surface area contributed by atoms with Gasteiger partial charge in [0, 0.05) is 17.5 Å². The maximum absolute atomic E-state index is 11.6. The minimum absolute atomic E-state index is 0.112. The highest BCUT2D eigenvalue weighted by molar-refractivity contribution is 7.91. The van der Waals surface area contributed by atoms with Crippen molar-refractivity contribution in [2.45, 2.75) is 24.9 Å². The number of likely N-dealkylation sites (N-methyl/N-ethyl adjacent to an activating group) is 1. The Morgan fingerprint density at radius 2 is 2.32 bits per heavy atom. The van der Waals surface area contributed by atoms with E-state index in [1.54, 1.807) is 11.3 Å². The largest absolute Gasteiger partial charge is 0.311 e. The molecule has 6 heteroatoms. The molecule has 1 aliphatic heterocycles. The second-order valence-electron chi connectivity index (χ2n) is 5.36. The maximum Gasteiger partial charge on any atom is 0.151 e. The molecule has 1 N–H and O–H groups in total. The fourth-order valence-corrected chi connectivity index (χ4v) is 5.07. The van der Waals surface area contributed by atoms with Crippen molar-refractivity contribution in [3.63, 3.8) is 0 Å².